The lowest BCUT2D eigenvalue weighted by atomic mass is 9.94. The number of carbonyl (C=O) groups excluding carboxylic acids is 2. The summed E-state index contributed by atoms with van der Waals surface area (Å²) in [7, 11) is 1.58. The SMILES string of the molecule is COc1ccc(C(C(=O)NC2CCCCC2)N(C(=O)c2c(C)nn(-c3ccccc3)c2Cl)c2ccccc2Cl)cc1. The van der Waals surface area contributed by atoms with Crippen molar-refractivity contribution >= 4 is 40.7 Å². The highest BCUT2D eigenvalue weighted by Crippen LogP contribution is 2.37. The molecule has 4 aromatic rings. The Kier molecular flexibility index (Phi) is 8.96. The van der Waals surface area contributed by atoms with Crippen LogP contribution in [0.25, 0.3) is 5.69 Å². The van der Waals surface area contributed by atoms with Gasteiger partial charge in [0, 0.05) is 6.04 Å². The van der Waals surface area contributed by atoms with E-state index in [1.54, 1.807) is 62.6 Å². The Morgan fingerprint density at radius 2 is 1.61 bits per heavy atom. The molecule has 0 bridgehead atoms. The highest BCUT2D eigenvalue weighted by atomic mass is 35.5. The highest BCUT2D eigenvalue weighted by Gasteiger charge is 2.38. The third-order valence-corrected chi connectivity index (χ3v) is 8.11. The van der Waals surface area contributed by atoms with Crippen LogP contribution in [0, 0.1) is 6.92 Å². The molecule has 41 heavy (non-hydrogen) atoms. The molecule has 3 aromatic carbocycles. The Labute approximate surface area is 250 Å². The molecule has 1 N–H and O–H groups in total. The van der Waals surface area contributed by atoms with Crippen molar-refractivity contribution in [2.45, 2.75) is 51.1 Å². The number of nitrogens with zero attached hydrogens (tertiary/aromatic N) is 3. The zero-order chi connectivity index (χ0) is 28.9. The molecular formula is C32H32Cl2N4O3. The summed E-state index contributed by atoms with van der Waals surface area (Å²) in [6, 6.07) is 22.5. The van der Waals surface area contributed by atoms with E-state index >= 15 is 0 Å². The van der Waals surface area contributed by atoms with Crippen LogP contribution in [0.15, 0.2) is 78.9 Å². The maximum atomic E-state index is 14.6. The van der Waals surface area contributed by atoms with E-state index in [-0.39, 0.29) is 22.7 Å². The fourth-order valence-electron chi connectivity index (χ4n) is 5.35. The molecule has 2 amide bonds. The van der Waals surface area contributed by atoms with Crippen molar-refractivity contribution in [3.8, 4) is 11.4 Å². The average molecular weight is 592 g/mol. The van der Waals surface area contributed by atoms with Crippen LogP contribution in [0.2, 0.25) is 10.2 Å². The molecule has 1 atom stereocenters. The molecule has 1 aliphatic carbocycles. The van der Waals surface area contributed by atoms with Crippen molar-refractivity contribution < 1.29 is 14.3 Å². The van der Waals surface area contributed by atoms with Crippen molar-refractivity contribution in [1.82, 2.24) is 15.1 Å². The minimum Gasteiger partial charge on any atom is -0.497 e. The zero-order valence-corrected chi connectivity index (χ0v) is 24.5. The van der Waals surface area contributed by atoms with Gasteiger partial charge in [-0.3, -0.25) is 14.5 Å². The molecule has 0 spiro atoms. The number of anilines is 1. The van der Waals surface area contributed by atoms with Crippen LogP contribution < -0.4 is 15.0 Å². The number of hydrogen-bond acceptors (Lipinski definition) is 4. The fourth-order valence-corrected chi connectivity index (χ4v) is 5.93. The van der Waals surface area contributed by atoms with Crippen LogP contribution in [0.1, 0.15) is 59.8 Å². The summed E-state index contributed by atoms with van der Waals surface area (Å²) in [6.07, 6.45) is 5.06. The number of methoxy groups -OCH3 is 1. The van der Waals surface area contributed by atoms with E-state index in [0.717, 1.165) is 32.1 Å². The molecule has 1 heterocycles. The van der Waals surface area contributed by atoms with Crippen molar-refractivity contribution in [2.24, 2.45) is 0 Å². The molecule has 1 aromatic heterocycles. The average Bonchev–Trinajstić information content (AvgIpc) is 3.30. The first-order chi connectivity index (χ1) is 19.9. The van der Waals surface area contributed by atoms with Gasteiger partial charge in [-0.15, -0.1) is 0 Å². The second-order valence-electron chi connectivity index (χ2n) is 10.1. The van der Waals surface area contributed by atoms with Crippen molar-refractivity contribution in [1.29, 1.82) is 0 Å². The van der Waals surface area contributed by atoms with Gasteiger partial charge in [0.05, 0.1) is 29.2 Å². The van der Waals surface area contributed by atoms with Gasteiger partial charge in [0.1, 0.15) is 22.5 Å². The van der Waals surface area contributed by atoms with Crippen LogP contribution in [-0.2, 0) is 4.79 Å². The van der Waals surface area contributed by atoms with Gasteiger partial charge in [-0.05, 0) is 61.7 Å². The molecule has 0 radical (unpaired) electrons. The summed E-state index contributed by atoms with van der Waals surface area (Å²) in [5, 5.41) is 8.28. The number of para-hydroxylation sites is 2. The second kappa shape index (κ2) is 12.8. The van der Waals surface area contributed by atoms with E-state index in [2.05, 4.69) is 10.4 Å². The van der Waals surface area contributed by atoms with Crippen LogP contribution in [0.5, 0.6) is 5.75 Å². The fraction of sp³-hybridized carbons (Fsp3) is 0.281. The number of ether oxygens (including phenoxy) is 1. The van der Waals surface area contributed by atoms with Gasteiger partial charge >= 0.3 is 0 Å². The van der Waals surface area contributed by atoms with E-state index < -0.39 is 11.9 Å². The van der Waals surface area contributed by atoms with Gasteiger partial charge < -0.3 is 10.1 Å². The first-order valence-corrected chi connectivity index (χ1v) is 14.5. The van der Waals surface area contributed by atoms with Gasteiger partial charge in [0.2, 0.25) is 5.91 Å². The first kappa shape index (κ1) is 28.7. The van der Waals surface area contributed by atoms with E-state index in [1.807, 2.05) is 30.3 Å². The van der Waals surface area contributed by atoms with E-state index in [9.17, 15) is 9.59 Å². The number of rotatable bonds is 8. The molecule has 1 saturated carbocycles. The molecule has 5 rings (SSSR count). The lowest BCUT2D eigenvalue weighted by Gasteiger charge is -2.34. The molecule has 0 aliphatic heterocycles. The number of carbonyl (C=O) groups is 2. The van der Waals surface area contributed by atoms with E-state index in [0.29, 0.717) is 33.4 Å². The van der Waals surface area contributed by atoms with Gasteiger partial charge in [-0.1, -0.05) is 84.9 Å². The Bertz CT molecular complexity index is 1520. The number of aromatic nitrogens is 2. The monoisotopic (exact) mass is 590 g/mol. The van der Waals surface area contributed by atoms with Gasteiger partial charge in [0.15, 0.2) is 0 Å². The molecule has 212 valence electrons. The summed E-state index contributed by atoms with van der Waals surface area (Å²) in [5.74, 6) is -0.138. The van der Waals surface area contributed by atoms with Crippen molar-refractivity contribution in [3.05, 3.63) is 106 Å². The third-order valence-electron chi connectivity index (χ3n) is 7.44. The zero-order valence-electron chi connectivity index (χ0n) is 23.0. The van der Waals surface area contributed by atoms with E-state index in [4.69, 9.17) is 27.9 Å². The quantitative estimate of drug-likeness (QED) is 0.233. The summed E-state index contributed by atoms with van der Waals surface area (Å²) >= 11 is 13.6. The standard InChI is InChI=1S/C32H32Cl2N4O3/c1-21-28(30(34)38(36-21)24-13-7-4-8-14-24)32(40)37(27-16-10-9-15-26(27)33)29(22-17-19-25(41-2)20-18-22)31(39)35-23-11-5-3-6-12-23/h4,7-10,13-20,23,29H,3,5-6,11-12H2,1-2H3,(H,35,39). The second-order valence-corrected chi connectivity index (χ2v) is 10.9. The van der Waals surface area contributed by atoms with Gasteiger partial charge in [-0.25, -0.2) is 4.68 Å². The van der Waals surface area contributed by atoms with Crippen LogP contribution in [-0.4, -0.2) is 34.7 Å². The van der Waals surface area contributed by atoms with Gasteiger partial charge in [-0.2, -0.15) is 5.10 Å². The lowest BCUT2D eigenvalue weighted by molar-refractivity contribution is -0.123. The van der Waals surface area contributed by atoms with Crippen molar-refractivity contribution in [3.63, 3.8) is 0 Å². The summed E-state index contributed by atoms with van der Waals surface area (Å²) in [6.45, 7) is 1.73. The third kappa shape index (κ3) is 6.11. The number of halogens is 2. The molecule has 9 heteroatoms. The summed E-state index contributed by atoms with van der Waals surface area (Å²) in [5.41, 5.74) is 2.34. The Balaban J connectivity index is 1.65. The topological polar surface area (TPSA) is 76.5 Å². The van der Waals surface area contributed by atoms with Gasteiger partial charge in [0.25, 0.3) is 5.91 Å². The molecule has 7 nitrogen and oxygen atoms in total. The van der Waals surface area contributed by atoms with Crippen LogP contribution >= 0.6 is 23.2 Å². The molecule has 1 unspecified atom stereocenters. The number of amides is 2. The Morgan fingerprint density at radius 3 is 2.27 bits per heavy atom. The van der Waals surface area contributed by atoms with Crippen molar-refractivity contribution in [2.75, 3.05) is 12.0 Å². The van der Waals surface area contributed by atoms with Crippen LogP contribution in [0.4, 0.5) is 5.69 Å². The number of aryl methyl sites for hydroxylation is 1. The Morgan fingerprint density at radius 1 is 0.951 bits per heavy atom. The lowest BCUT2D eigenvalue weighted by Crippen LogP contribution is -2.47. The highest BCUT2D eigenvalue weighted by molar-refractivity contribution is 6.36. The molecule has 1 fully saturated rings. The molecular weight excluding hydrogens is 559 g/mol. The molecule has 0 saturated heterocycles. The Hall–Kier alpha value is -3.81. The normalized spacial score (nSPS) is 14.3. The van der Waals surface area contributed by atoms with Crippen LogP contribution in [0.3, 0.4) is 0 Å². The maximum absolute atomic E-state index is 14.6. The first-order valence-electron chi connectivity index (χ1n) is 13.7. The maximum Gasteiger partial charge on any atom is 0.264 e. The summed E-state index contributed by atoms with van der Waals surface area (Å²) in [4.78, 5) is 30.3. The number of hydrogen-bond donors (Lipinski definition) is 1. The smallest absolute Gasteiger partial charge is 0.264 e. The largest absolute Gasteiger partial charge is 0.497 e. The predicted molar refractivity (Wildman–Crippen MR) is 162 cm³/mol. The van der Waals surface area contributed by atoms with E-state index in [1.165, 1.54) is 9.58 Å². The summed E-state index contributed by atoms with van der Waals surface area (Å²) < 4.78 is 6.88. The number of benzene rings is 3. The molecule has 1 aliphatic rings. The number of nitrogens with one attached hydrogen (secondary N) is 1. The predicted octanol–water partition coefficient (Wildman–Crippen LogP) is 7.33. The minimum absolute atomic E-state index is 0.0337. The minimum atomic E-state index is -1.04.